The lowest BCUT2D eigenvalue weighted by Gasteiger charge is -2.17. The predicted molar refractivity (Wildman–Crippen MR) is 79.9 cm³/mol. The zero-order valence-corrected chi connectivity index (χ0v) is 12.4. The van der Waals surface area contributed by atoms with Crippen molar-refractivity contribution >= 4 is 16.9 Å². The van der Waals surface area contributed by atoms with Gasteiger partial charge in [0.05, 0.1) is 17.1 Å². The Labute approximate surface area is 130 Å². The number of nitrogens with one attached hydrogen (secondary N) is 2. The number of H-pyrrole nitrogens is 1. The number of hydrogen-bond acceptors (Lipinski definition) is 4. The first-order valence-corrected chi connectivity index (χ1v) is 6.96. The van der Waals surface area contributed by atoms with Crippen LogP contribution in [-0.4, -0.2) is 20.2 Å². The van der Waals surface area contributed by atoms with E-state index in [1.54, 1.807) is 26.1 Å². The van der Waals surface area contributed by atoms with Crippen molar-refractivity contribution in [2.45, 2.75) is 26.1 Å². The van der Waals surface area contributed by atoms with E-state index >= 15 is 0 Å². The van der Waals surface area contributed by atoms with Crippen molar-refractivity contribution < 1.29 is 13.2 Å². The zero-order chi connectivity index (χ0) is 16.6. The topological polar surface area (TPSA) is 66.5 Å². The molecule has 8 heteroatoms. The van der Waals surface area contributed by atoms with E-state index in [1.165, 1.54) is 6.07 Å². The molecule has 0 amide bonds. The van der Waals surface area contributed by atoms with E-state index in [2.05, 4.69) is 25.5 Å². The summed E-state index contributed by atoms with van der Waals surface area (Å²) < 4.78 is 38.5. The van der Waals surface area contributed by atoms with Gasteiger partial charge in [-0.15, -0.1) is 0 Å². The number of benzene rings is 1. The fourth-order valence-electron chi connectivity index (χ4n) is 2.33. The quantitative estimate of drug-likeness (QED) is 0.769. The molecule has 0 radical (unpaired) electrons. The standard InChI is InChI=1S/C15H14F3N5/c1-8(10-4-3-5-11(6-10)15(16,17)18)20-13-12-7-19-23-14(12)22-9(2)21-13/h3-8H,1-2H3,(H2,19,20,21,22,23)/t8-/m1/s1. The molecule has 0 saturated heterocycles. The molecule has 0 aliphatic rings. The third-order valence-electron chi connectivity index (χ3n) is 3.49. The molecular formula is C15H14F3N5. The van der Waals surface area contributed by atoms with Gasteiger partial charge in [0, 0.05) is 6.04 Å². The summed E-state index contributed by atoms with van der Waals surface area (Å²) in [5.41, 5.74) is 0.431. The molecule has 120 valence electrons. The molecule has 2 aromatic heterocycles. The molecule has 1 atom stereocenters. The van der Waals surface area contributed by atoms with Crippen molar-refractivity contribution in [2.75, 3.05) is 5.32 Å². The molecule has 3 aromatic rings. The fraction of sp³-hybridized carbons (Fsp3) is 0.267. The summed E-state index contributed by atoms with van der Waals surface area (Å²) in [4.78, 5) is 8.51. The molecule has 0 aliphatic carbocycles. The molecule has 2 heterocycles. The molecule has 23 heavy (non-hydrogen) atoms. The number of hydrogen-bond donors (Lipinski definition) is 2. The Morgan fingerprint density at radius 2 is 2.00 bits per heavy atom. The first kappa shape index (κ1) is 15.3. The summed E-state index contributed by atoms with van der Waals surface area (Å²) in [7, 11) is 0. The number of aromatic amines is 1. The minimum absolute atomic E-state index is 0.357. The molecule has 5 nitrogen and oxygen atoms in total. The molecule has 0 aliphatic heterocycles. The Kier molecular flexibility index (Phi) is 3.67. The van der Waals surface area contributed by atoms with Gasteiger partial charge in [0.25, 0.3) is 0 Å². The van der Waals surface area contributed by atoms with Gasteiger partial charge in [-0.2, -0.15) is 18.3 Å². The lowest BCUT2D eigenvalue weighted by Crippen LogP contribution is -2.11. The van der Waals surface area contributed by atoms with Crippen LogP contribution in [0.1, 0.15) is 29.9 Å². The van der Waals surface area contributed by atoms with Crippen molar-refractivity contribution in [3.05, 3.63) is 47.4 Å². The highest BCUT2D eigenvalue weighted by Gasteiger charge is 2.30. The summed E-state index contributed by atoms with van der Waals surface area (Å²) in [6.45, 7) is 3.51. The Morgan fingerprint density at radius 1 is 1.22 bits per heavy atom. The number of rotatable bonds is 3. The monoisotopic (exact) mass is 321 g/mol. The van der Waals surface area contributed by atoms with Crippen LogP contribution in [-0.2, 0) is 6.18 Å². The summed E-state index contributed by atoms with van der Waals surface area (Å²) >= 11 is 0. The van der Waals surface area contributed by atoms with Crippen molar-refractivity contribution in [3.63, 3.8) is 0 Å². The van der Waals surface area contributed by atoms with Crippen LogP contribution in [0.15, 0.2) is 30.5 Å². The SMILES string of the molecule is Cc1nc(N[C@H](C)c2cccc(C(F)(F)F)c2)c2cn[nH]c2n1. The Hall–Kier alpha value is -2.64. The van der Waals surface area contributed by atoms with E-state index in [-0.39, 0.29) is 6.04 Å². The first-order chi connectivity index (χ1) is 10.8. The summed E-state index contributed by atoms with van der Waals surface area (Å²) in [6.07, 6.45) is -2.78. The fourth-order valence-corrected chi connectivity index (χ4v) is 2.33. The van der Waals surface area contributed by atoms with Crippen molar-refractivity contribution in [1.29, 1.82) is 0 Å². The van der Waals surface area contributed by atoms with Crippen molar-refractivity contribution in [1.82, 2.24) is 20.2 Å². The van der Waals surface area contributed by atoms with Crippen LogP contribution < -0.4 is 5.32 Å². The zero-order valence-electron chi connectivity index (χ0n) is 12.4. The van der Waals surface area contributed by atoms with Gasteiger partial charge in [-0.3, -0.25) is 5.10 Å². The maximum atomic E-state index is 12.8. The number of aromatic nitrogens is 4. The van der Waals surface area contributed by atoms with Gasteiger partial charge < -0.3 is 5.32 Å². The number of halogens is 3. The average Bonchev–Trinajstić information content (AvgIpc) is 2.94. The maximum absolute atomic E-state index is 12.8. The normalized spacial score (nSPS) is 13.3. The van der Waals surface area contributed by atoms with Gasteiger partial charge in [0.15, 0.2) is 5.65 Å². The minimum atomic E-state index is -4.36. The maximum Gasteiger partial charge on any atom is 0.416 e. The van der Waals surface area contributed by atoms with Gasteiger partial charge in [0.1, 0.15) is 11.6 Å². The van der Waals surface area contributed by atoms with Crippen molar-refractivity contribution in [2.24, 2.45) is 0 Å². The third-order valence-corrected chi connectivity index (χ3v) is 3.49. The first-order valence-electron chi connectivity index (χ1n) is 6.96. The number of fused-ring (bicyclic) bond motifs is 1. The molecule has 0 bridgehead atoms. The molecule has 2 N–H and O–H groups in total. The van der Waals surface area contributed by atoms with E-state index in [4.69, 9.17) is 0 Å². The summed E-state index contributed by atoms with van der Waals surface area (Å²) in [5.74, 6) is 1.08. The molecular weight excluding hydrogens is 307 g/mol. The van der Waals surface area contributed by atoms with E-state index in [0.717, 1.165) is 12.1 Å². The van der Waals surface area contributed by atoms with Gasteiger partial charge >= 0.3 is 6.18 Å². The van der Waals surface area contributed by atoms with Crippen LogP contribution in [0.5, 0.6) is 0 Å². The lowest BCUT2D eigenvalue weighted by molar-refractivity contribution is -0.137. The summed E-state index contributed by atoms with van der Waals surface area (Å²) in [5, 5.41) is 10.5. The number of alkyl halides is 3. The second kappa shape index (κ2) is 5.53. The lowest BCUT2D eigenvalue weighted by atomic mass is 10.0. The third kappa shape index (κ3) is 3.10. The van der Waals surface area contributed by atoms with Crippen LogP contribution in [0.3, 0.4) is 0 Å². The number of anilines is 1. The molecule has 1 aromatic carbocycles. The molecule has 0 spiro atoms. The Morgan fingerprint density at radius 3 is 2.74 bits per heavy atom. The largest absolute Gasteiger partial charge is 0.416 e. The highest BCUT2D eigenvalue weighted by Crippen LogP contribution is 2.31. The van der Waals surface area contributed by atoms with Gasteiger partial charge in [-0.1, -0.05) is 12.1 Å². The van der Waals surface area contributed by atoms with Gasteiger partial charge in [0.2, 0.25) is 0 Å². The van der Waals surface area contributed by atoms with Crippen LogP contribution in [0, 0.1) is 6.92 Å². The van der Waals surface area contributed by atoms with Gasteiger partial charge in [-0.25, -0.2) is 9.97 Å². The number of aryl methyl sites for hydroxylation is 1. The molecule has 0 fully saturated rings. The van der Waals surface area contributed by atoms with Crippen LogP contribution in [0.25, 0.3) is 11.0 Å². The summed E-state index contributed by atoms with van der Waals surface area (Å²) in [6, 6.07) is 4.88. The highest BCUT2D eigenvalue weighted by molar-refractivity contribution is 5.86. The minimum Gasteiger partial charge on any atom is -0.363 e. The second-order valence-electron chi connectivity index (χ2n) is 5.24. The second-order valence-corrected chi connectivity index (χ2v) is 5.24. The van der Waals surface area contributed by atoms with E-state index in [9.17, 15) is 13.2 Å². The Balaban J connectivity index is 1.92. The Bertz CT molecular complexity index is 840. The average molecular weight is 321 g/mol. The number of nitrogens with zero attached hydrogens (tertiary/aromatic N) is 3. The van der Waals surface area contributed by atoms with Crippen molar-refractivity contribution in [3.8, 4) is 0 Å². The van der Waals surface area contributed by atoms with E-state index in [1.807, 2.05) is 0 Å². The highest BCUT2D eigenvalue weighted by atomic mass is 19.4. The van der Waals surface area contributed by atoms with Crippen LogP contribution >= 0.6 is 0 Å². The smallest absolute Gasteiger partial charge is 0.363 e. The van der Waals surface area contributed by atoms with Gasteiger partial charge in [-0.05, 0) is 31.5 Å². The van der Waals surface area contributed by atoms with Crippen LogP contribution in [0.2, 0.25) is 0 Å². The van der Waals surface area contributed by atoms with Crippen LogP contribution in [0.4, 0.5) is 19.0 Å². The van der Waals surface area contributed by atoms with E-state index < -0.39 is 11.7 Å². The molecule has 0 saturated carbocycles. The molecule has 0 unspecified atom stereocenters. The predicted octanol–water partition coefficient (Wildman–Crippen LogP) is 3.85. The molecule has 3 rings (SSSR count). The van der Waals surface area contributed by atoms with E-state index in [0.29, 0.717) is 28.2 Å².